The van der Waals surface area contributed by atoms with Gasteiger partial charge in [-0.25, -0.2) is 0 Å². The second-order valence-electron chi connectivity index (χ2n) is 6.48. The van der Waals surface area contributed by atoms with Crippen molar-refractivity contribution in [3.63, 3.8) is 0 Å². The van der Waals surface area contributed by atoms with E-state index in [1.165, 1.54) is 0 Å². The summed E-state index contributed by atoms with van der Waals surface area (Å²) >= 11 is 0. The van der Waals surface area contributed by atoms with E-state index in [9.17, 15) is 14.4 Å². The van der Waals surface area contributed by atoms with E-state index < -0.39 is 0 Å². The molecule has 1 N–H and O–H groups in total. The Morgan fingerprint density at radius 2 is 2.12 bits per heavy atom. The predicted molar refractivity (Wildman–Crippen MR) is 88.3 cm³/mol. The molecule has 3 amide bonds. The average molecular weight is 332 g/mol. The number of fused-ring (bicyclic) bond motifs is 1. The molecule has 1 fully saturated rings. The van der Waals surface area contributed by atoms with Crippen molar-refractivity contribution in [3.05, 3.63) is 23.0 Å². The van der Waals surface area contributed by atoms with Crippen LogP contribution in [0.15, 0.2) is 6.07 Å². The number of amides is 3. The van der Waals surface area contributed by atoms with E-state index in [0.29, 0.717) is 38.3 Å². The Morgan fingerprint density at radius 3 is 2.75 bits per heavy atom. The first-order valence-corrected chi connectivity index (χ1v) is 8.42. The van der Waals surface area contributed by atoms with Gasteiger partial charge in [0.25, 0.3) is 5.91 Å². The van der Waals surface area contributed by atoms with E-state index in [4.69, 9.17) is 0 Å². The summed E-state index contributed by atoms with van der Waals surface area (Å²) in [5.41, 5.74) is 2.74. The molecule has 1 atom stereocenters. The quantitative estimate of drug-likeness (QED) is 0.855. The monoisotopic (exact) mass is 332 g/mol. The number of likely N-dealkylation sites (tertiary alicyclic amines) is 1. The van der Waals surface area contributed by atoms with E-state index >= 15 is 0 Å². The Bertz CT molecular complexity index is 694. The summed E-state index contributed by atoms with van der Waals surface area (Å²) in [6.45, 7) is 4.24. The summed E-state index contributed by atoms with van der Waals surface area (Å²) in [5.74, 6) is -0.246. The topological polar surface area (TPSA) is 74.7 Å². The van der Waals surface area contributed by atoms with Crippen LogP contribution in [0.4, 0.5) is 0 Å². The maximum atomic E-state index is 12.8. The van der Waals surface area contributed by atoms with Crippen molar-refractivity contribution in [1.82, 2.24) is 19.7 Å². The molecule has 0 aliphatic carbocycles. The fraction of sp³-hybridized carbons (Fsp3) is 0.588. The summed E-state index contributed by atoms with van der Waals surface area (Å²) in [7, 11) is 3.47. The summed E-state index contributed by atoms with van der Waals surface area (Å²) in [5, 5.41) is 2.64. The van der Waals surface area contributed by atoms with Gasteiger partial charge in [-0.05, 0) is 25.0 Å². The van der Waals surface area contributed by atoms with Crippen molar-refractivity contribution in [2.24, 2.45) is 13.0 Å². The fourth-order valence-electron chi connectivity index (χ4n) is 3.68. The average Bonchev–Trinajstić information content (AvgIpc) is 3.13. The first kappa shape index (κ1) is 16.5. The van der Waals surface area contributed by atoms with Crippen molar-refractivity contribution in [3.8, 4) is 0 Å². The molecule has 3 rings (SSSR count). The van der Waals surface area contributed by atoms with Crippen LogP contribution in [0, 0.1) is 5.92 Å². The van der Waals surface area contributed by atoms with E-state index in [2.05, 4.69) is 5.32 Å². The van der Waals surface area contributed by atoms with Crippen LogP contribution in [0.1, 0.15) is 35.1 Å². The molecule has 3 heterocycles. The molecule has 2 aliphatic heterocycles. The number of nitrogens with one attached hydrogen (secondary N) is 1. The molecule has 0 bridgehead atoms. The van der Waals surface area contributed by atoms with Gasteiger partial charge >= 0.3 is 0 Å². The minimum atomic E-state index is -0.238. The normalized spacial score (nSPS) is 20.3. The molecular weight excluding hydrogens is 308 g/mol. The summed E-state index contributed by atoms with van der Waals surface area (Å²) in [6.07, 6.45) is 1.05. The molecule has 7 heteroatoms. The first-order valence-electron chi connectivity index (χ1n) is 8.42. The van der Waals surface area contributed by atoms with Gasteiger partial charge in [-0.2, -0.15) is 0 Å². The zero-order valence-corrected chi connectivity index (χ0v) is 14.5. The Balaban J connectivity index is 1.75. The number of hydrogen-bond acceptors (Lipinski definition) is 3. The highest BCUT2D eigenvalue weighted by Gasteiger charge is 2.37. The van der Waals surface area contributed by atoms with Gasteiger partial charge in [0, 0.05) is 45.8 Å². The zero-order valence-electron chi connectivity index (χ0n) is 14.5. The van der Waals surface area contributed by atoms with Crippen LogP contribution in [0.2, 0.25) is 0 Å². The maximum absolute atomic E-state index is 12.8. The van der Waals surface area contributed by atoms with E-state index in [1.807, 2.05) is 29.5 Å². The Kier molecular flexibility index (Phi) is 4.34. The third-order valence-electron chi connectivity index (χ3n) is 5.16. The lowest BCUT2D eigenvalue weighted by Gasteiger charge is -2.30. The lowest BCUT2D eigenvalue weighted by atomic mass is 10.0. The molecule has 0 spiro atoms. The van der Waals surface area contributed by atoms with Crippen LogP contribution in [0.5, 0.6) is 0 Å². The zero-order chi connectivity index (χ0) is 17.4. The summed E-state index contributed by atoms with van der Waals surface area (Å²) in [6, 6.07) is 1.91. The van der Waals surface area contributed by atoms with Gasteiger partial charge in [-0.15, -0.1) is 0 Å². The number of aromatic nitrogens is 1. The molecule has 1 unspecified atom stereocenters. The second-order valence-corrected chi connectivity index (χ2v) is 6.48. The minimum Gasteiger partial charge on any atom is -0.354 e. The van der Waals surface area contributed by atoms with Crippen LogP contribution < -0.4 is 5.32 Å². The molecular formula is C17H24N4O3. The van der Waals surface area contributed by atoms with Crippen molar-refractivity contribution in [2.45, 2.75) is 26.3 Å². The van der Waals surface area contributed by atoms with Crippen molar-refractivity contribution in [1.29, 1.82) is 0 Å². The van der Waals surface area contributed by atoms with Crippen LogP contribution >= 0.6 is 0 Å². The van der Waals surface area contributed by atoms with Crippen molar-refractivity contribution in [2.75, 3.05) is 26.7 Å². The van der Waals surface area contributed by atoms with Gasteiger partial charge in [0.15, 0.2) is 0 Å². The standard InChI is InChI=1S/C17H24N4O3/c1-4-20-9-12(8-15(20)22)17(24)21-6-5-11-7-13(16(23)18-2)19(3)14(11)10-21/h7,12H,4-6,8-10H2,1-3H3,(H,18,23). The highest BCUT2D eigenvalue weighted by molar-refractivity contribution is 5.93. The largest absolute Gasteiger partial charge is 0.354 e. The molecule has 0 radical (unpaired) electrons. The molecule has 1 aromatic heterocycles. The third kappa shape index (κ3) is 2.68. The fourth-order valence-corrected chi connectivity index (χ4v) is 3.68. The highest BCUT2D eigenvalue weighted by Crippen LogP contribution is 2.26. The number of hydrogen-bond donors (Lipinski definition) is 1. The minimum absolute atomic E-state index is 0.0487. The lowest BCUT2D eigenvalue weighted by molar-refractivity contribution is -0.136. The van der Waals surface area contributed by atoms with Crippen LogP contribution in [-0.2, 0) is 29.6 Å². The van der Waals surface area contributed by atoms with E-state index in [1.54, 1.807) is 11.9 Å². The molecule has 1 aromatic rings. The van der Waals surface area contributed by atoms with Gasteiger partial charge in [0.1, 0.15) is 5.69 Å². The molecule has 1 saturated heterocycles. The summed E-state index contributed by atoms with van der Waals surface area (Å²) < 4.78 is 1.87. The Hall–Kier alpha value is -2.31. The SMILES string of the molecule is CCN1CC(C(=O)N2CCc3cc(C(=O)NC)n(C)c3C2)CC1=O. The van der Waals surface area contributed by atoms with Crippen molar-refractivity contribution < 1.29 is 14.4 Å². The second kappa shape index (κ2) is 6.30. The van der Waals surface area contributed by atoms with Gasteiger partial charge < -0.3 is 19.7 Å². The molecule has 2 aliphatic rings. The summed E-state index contributed by atoms with van der Waals surface area (Å²) in [4.78, 5) is 40.2. The highest BCUT2D eigenvalue weighted by atomic mass is 16.2. The van der Waals surface area contributed by atoms with Gasteiger partial charge in [-0.1, -0.05) is 0 Å². The third-order valence-corrected chi connectivity index (χ3v) is 5.16. The van der Waals surface area contributed by atoms with Crippen molar-refractivity contribution >= 4 is 17.7 Å². The lowest BCUT2D eigenvalue weighted by Crippen LogP contribution is -2.41. The maximum Gasteiger partial charge on any atom is 0.267 e. The number of carbonyl (C=O) groups excluding carboxylic acids is 3. The van der Waals surface area contributed by atoms with Crippen LogP contribution in [0.25, 0.3) is 0 Å². The van der Waals surface area contributed by atoms with Gasteiger partial charge in [-0.3, -0.25) is 14.4 Å². The predicted octanol–water partition coefficient (Wildman–Crippen LogP) is 0.138. The molecule has 0 aromatic carbocycles. The van der Waals surface area contributed by atoms with Gasteiger partial charge in [0.2, 0.25) is 11.8 Å². The van der Waals surface area contributed by atoms with Crippen LogP contribution in [-0.4, -0.2) is 58.8 Å². The molecule has 130 valence electrons. The van der Waals surface area contributed by atoms with Crippen LogP contribution in [0.3, 0.4) is 0 Å². The molecule has 7 nitrogen and oxygen atoms in total. The number of nitrogens with zero attached hydrogens (tertiary/aromatic N) is 3. The van der Waals surface area contributed by atoms with E-state index in [0.717, 1.165) is 17.7 Å². The smallest absolute Gasteiger partial charge is 0.267 e. The first-order chi connectivity index (χ1) is 11.5. The number of carbonyl (C=O) groups is 3. The Labute approximate surface area is 141 Å². The molecule has 24 heavy (non-hydrogen) atoms. The van der Waals surface area contributed by atoms with Gasteiger partial charge in [0.05, 0.1) is 12.5 Å². The Morgan fingerprint density at radius 1 is 1.38 bits per heavy atom. The molecule has 0 saturated carbocycles. The van der Waals surface area contributed by atoms with E-state index in [-0.39, 0.29) is 23.6 Å². The number of rotatable bonds is 3.